The van der Waals surface area contributed by atoms with Crippen LogP contribution in [-0.2, 0) is 21.3 Å². The number of sulfonamides is 1. The maximum atomic E-state index is 12.5. The average molecular weight is 332 g/mol. The van der Waals surface area contributed by atoms with Crippen molar-refractivity contribution in [2.45, 2.75) is 50.6 Å². The molecule has 1 aromatic rings. The summed E-state index contributed by atoms with van der Waals surface area (Å²) in [5.74, 6) is 0. The lowest BCUT2D eigenvalue weighted by Gasteiger charge is -2.22. The fraction of sp³-hybridized carbons (Fsp3) is 0.714. The van der Waals surface area contributed by atoms with E-state index in [0.29, 0.717) is 11.5 Å². The number of hydrogen-bond donors (Lipinski definition) is 2. The monoisotopic (exact) mass is 332 g/mol. The minimum atomic E-state index is -3.45. The molecule has 0 amide bonds. The van der Waals surface area contributed by atoms with Crippen LogP contribution in [0.25, 0.3) is 0 Å². The van der Waals surface area contributed by atoms with Crippen LogP contribution in [0, 0.1) is 6.92 Å². The Labute approximate surface area is 131 Å². The van der Waals surface area contributed by atoms with Crippen LogP contribution in [0.1, 0.15) is 35.9 Å². The van der Waals surface area contributed by atoms with Gasteiger partial charge in [0.25, 0.3) is 0 Å². The Bertz CT molecular complexity index is 549. The first-order valence-corrected chi connectivity index (χ1v) is 9.73. The second-order valence-corrected chi connectivity index (χ2v) is 8.37. The van der Waals surface area contributed by atoms with Crippen LogP contribution in [-0.4, -0.2) is 34.2 Å². The Balaban J connectivity index is 2.04. The van der Waals surface area contributed by atoms with Crippen molar-refractivity contribution >= 4 is 21.4 Å². The highest BCUT2D eigenvalue weighted by molar-refractivity contribution is 7.89. The van der Waals surface area contributed by atoms with E-state index in [0.717, 1.165) is 48.7 Å². The average Bonchev–Trinajstić information content (AvgIpc) is 2.82. The molecule has 1 atom stereocenters. The van der Waals surface area contributed by atoms with E-state index in [1.165, 1.54) is 0 Å². The third-order valence-corrected chi connectivity index (χ3v) is 6.25. The highest BCUT2D eigenvalue weighted by Gasteiger charge is 2.25. The first-order chi connectivity index (χ1) is 10.0. The lowest BCUT2D eigenvalue weighted by molar-refractivity contribution is 0.0774. The van der Waals surface area contributed by atoms with Gasteiger partial charge in [-0.2, -0.15) is 0 Å². The van der Waals surface area contributed by atoms with Crippen molar-refractivity contribution in [1.29, 1.82) is 0 Å². The second-order valence-electron chi connectivity index (χ2n) is 5.35. The highest BCUT2D eigenvalue weighted by Crippen LogP contribution is 2.26. The molecule has 0 saturated carbocycles. The molecule has 0 bridgehead atoms. The minimum Gasteiger partial charge on any atom is -0.380 e. The molecule has 0 radical (unpaired) electrons. The molecular weight excluding hydrogens is 308 g/mol. The molecular formula is C14H24N2O3S2. The summed E-state index contributed by atoms with van der Waals surface area (Å²) < 4.78 is 33.1. The third-order valence-electron chi connectivity index (χ3n) is 3.42. The summed E-state index contributed by atoms with van der Waals surface area (Å²) >= 11 is 1.54. The summed E-state index contributed by atoms with van der Waals surface area (Å²) in [7, 11) is -3.45. The number of hydrogen-bond acceptors (Lipinski definition) is 5. The first kappa shape index (κ1) is 16.9. The van der Waals surface area contributed by atoms with Crippen molar-refractivity contribution in [3.05, 3.63) is 15.8 Å². The van der Waals surface area contributed by atoms with Crippen LogP contribution in [0.2, 0.25) is 0 Å². The van der Waals surface area contributed by atoms with Gasteiger partial charge in [0.1, 0.15) is 0 Å². The van der Waals surface area contributed by atoms with Gasteiger partial charge >= 0.3 is 0 Å². The van der Waals surface area contributed by atoms with Crippen LogP contribution in [0.5, 0.6) is 0 Å². The van der Waals surface area contributed by atoms with E-state index >= 15 is 0 Å². The first-order valence-electron chi connectivity index (χ1n) is 7.43. The lowest BCUT2D eigenvalue weighted by Crippen LogP contribution is -2.40. The fourth-order valence-electron chi connectivity index (χ4n) is 2.38. The van der Waals surface area contributed by atoms with Crippen molar-refractivity contribution in [2.75, 3.05) is 19.8 Å². The fourth-order valence-corrected chi connectivity index (χ4v) is 5.24. The van der Waals surface area contributed by atoms with Crippen molar-refractivity contribution in [1.82, 2.24) is 10.0 Å². The van der Waals surface area contributed by atoms with Crippen LogP contribution >= 0.6 is 11.3 Å². The summed E-state index contributed by atoms with van der Waals surface area (Å²) in [4.78, 5) is 2.31. The molecule has 2 N–H and O–H groups in total. The molecule has 7 heteroatoms. The third kappa shape index (κ3) is 4.75. The predicted octanol–water partition coefficient (Wildman–Crippen LogP) is 2.01. The van der Waals surface area contributed by atoms with Crippen LogP contribution in [0.4, 0.5) is 0 Å². The molecule has 2 heterocycles. The Kier molecular flexibility index (Phi) is 6.19. The predicted molar refractivity (Wildman–Crippen MR) is 85.2 cm³/mol. The molecule has 1 aliphatic heterocycles. The Morgan fingerprint density at radius 1 is 1.48 bits per heavy atom. The van der Waals surface area contributed by atoms with E-state index in [9.17, 15) is 8.42 Å². The summed E-state index contributed by atoms with van der Waals surface area (Å²) in [6.07, 6.45) is 2.81. The molecule has 1 unspecified atom stereocenters. The maximum Gasteiger partial charge on any atom is 0.242 e. The molecule has 1 aliphatic rings. The molecule has 1 aromatic heterocycles. The summed E-state index contributed by atoms with van der Waals surface area (Å²) in [5.41, 5.74) is 0. The van der Waals surface area contributed by atoms with E-state index in [-0.39, 0.29) is 6.04 Å². The molecule has 1 fully saturated rings. The summed E-state index contributed by atoms with van der Waals surface area (Å²) in [5, 5.41) is 3.30. The van der Waals surface area contributed by atoms with E-state index in [2.05, 4.69) is 17.0 Å². The smallest absolute Gasteiger partial charge is 0.242 e. The number of nitrogens with one attached hydrogen (secondary N) is 2. The SMILES string of the molecule is CCCNCc1cc(S(=O)(=O)NC2CCCOC2)c(C)s1. The molecule has 0 aliphatic carbocycles. The van der Waals surface area contributed by atoms with Gasteiger partial charge in [0.2, 0.25) is 10.0 Å². The Morgan fingerprint density at radius 2 is 2.29 bits per heavy atom. The Hall–Kier alpha value is -0.470. The molecule has 0 spiro atoms. The van der Waals surface area contributed by atoms with Crippen molar-refractivity contribution in [2.24, 2.45) is 0 Å². The van der Waals surface area contributed by atoms with Crippen LogP contribution in [0.15, 0.2) is 11.0 Å². The summed E-state index contributed by atoms with van der Waals surface area (Å²) in [6.45, 7) is 6.83. The highest BCUT2D eigenvalue weighted by atomic mass is 32.2. The molecule has 1 saturated heterocycles. The number of aryl methyl sites for hydroxylation is 1. The van der Waals surface area contributed by atoms with Gasteiger partial charge in [-0.15, -0.1) is 11.3 Å². The molecule has 21 heavy (non-hydrogen) atoms. The maximum absolute atomic E-state index is 12.5. The number of thiophene rings is 1. The molecule has 120 valence electrons. The topological polar surface area (TPSA) is 67.4 Å². The van der Waals surface area contributed by atoms with Gasteiger partial charge in [-0.1, -0.05) is 6.92 Å². The van der Waals surface area contributed by atoms with Crippen LogP contribution < -0.4 is 10.0 Å². The van der Waals surface area contributed by atoms with Gasteiger partial charge in [-0.25, -0.2) is 13.1 Å². The van der Waals surface area contributed by atoms with Crippen molar-refractivity contribution in [3.63, 3.8) is 0 Å². The van der Waals surface area contributed by atoms with E-state index < -0.39 is 10.0 Å². The lowest BCUT2D eigenvalue weighted by atomic mass is 10.1. The van der Waals surface area contributed by atoms with Gasteiger partial charge in [0.05, 0.1) is 11.5 Å². The number of rotatable bonds is 7. The zero-order valence-electron chi connectivity index (χ0n) is 12.6. The van der Waals surface area contributed by atoms with E-state index in [4.69, 9.17) is 4.74 Å². The van der Waals surface area contributed by atoms with Crippen molar-refractivity contribution in [3.8, 4) is 0 Å². The van der Waals surface area contributed by atoms with E-state index in [1.54, 1.807) is 17.4 Å². The molecule has 5 nitrogen and oxygen atoms in total. The quantitative estimate of drug-likeness (QED) is 0.750. The second kappa shape index (κ2) is 7.69. The largest absolute Gasteiger partial charge is 0.380 e. The van der Waals surface area contributed by atoms with Crippen molar-refractivity contribution < 1.29 is 13.2 Å². The summed E-state index contributed by atoms with van der Waals surface area (Å²) in [6, 6.07) is 1.68. The van der Waals surface area contributed by atoms with Gasteiger partial charge in [-0.05, 0) is 38.8 Å². The van der Waals surface area contributed by atoms with Gasteiger partial charge in [-0.3, -0.25) is 0 Å². The normalized spacial score (nSPS) is 19.8. The standard InChI is InChI=1S/C14H24N2O3S2/c1-3-6-15-9-13-8-14(11(2)20-13)21(17,18)16-12-5-4-7-19-10-12/h8,12,15-16H,3-7,9-10H2,1-2H3. The zero-order chi connectivity index (χ0) is 15.3. The van der Waals surface area contributed by atoms with E-state index in [1.807, 2.05) is 6.92 Å². The Morgan fingerprint density at radius 3 is 2.95 bits per heavy atom. The minimum absolute atomic E-state index is 0.107. The zero-order valence-corrected chi connectivity index (χ0v) is 14.3. The van der Waals surface area contributed by atoms with Gasteiger partial charge in [0.15, 0.2) is 0 Å². The van der Waals surface area contributed by atoms with Gasteiger partial charge < -0.3 is 10.1 Å². The van der Waals surface area contributed by atoms with Gasteiger partial charge in [0, 0.05) is 28.9 Å². The molecule has 2 rings (SSSR count). The number of ether oxygens (including phenoxy) is 1. The molecule has 0 aromatic carbocycles. The van der Waals surface area contributed by atoms with Crippen LogP contribution in [0.3, 0.4) is 0 Å².